The van der Waals surface area contributed by atoms with Gasteiger partial charge in [-0.3, -0.25) is 9.79 Å². The van der Waals surface area contributed by atoms with E-state index in [9.17, 15) is 13.6 Å². The first-order chi connectivity index (χ1) is 14.7. The summed E-state index contributed by atoms with van der Waals surface area (Å²) < 4.78 is 34.4. The second-order valence-corrected chi connectivity index (χ2v) is 8.76. The molecule has 1 saturated carbocycles. The molecule has 0 spiro atoms. The van der Waals surface area contributed by atoms with Gasteiger partial charge in [0.15, 0.2) is 23.4 Å². The van der Waals surface area contributed by atoms with Gasteiger partial charge < -0.3 is 15.8 Å². The number of anilines is 1. The highest BCUT2D eigenvalue weighted by atomic mass is 32.2. The Bertz CT molecular complexity index is 1150. The molecular formula is C21H19F2N5O2S. The van der Waals surface area contributed by atoms with Crippen molar-refractivity contribution >= 4 is 28.5 Å². The van der Waals surface area contributed by atoms with Crippen molar-refractivity contribution in [1.29, 1.82) is 0 Å². The van der Waals surface area contributed by atoms with Crippen LogP contribution in [0.5, 0.6) is 5.88 Å². The number of carbonyl (C=O) groups excluding carboxylic acids is 1. The number of terminal acetylenes is 1. The number of aliphatic imine (C=N–C) groups is 1. The van der Waals surface area contributed by atoms with Crippen molar-refractivity contribution in [2.45, 2.75) is 31.1 Å². The Hall–Kier alpha value is -3.19. The molecule has 0 bridgehead atoms. The Kier molecular flexibility index (Phi) is 5.31. The van der Waals surface area contributed by atoms with Crippen LogP contribution in [0.15, 0.2) is 23.3 Å². The number of hydrogen-bond donors (Lipinski definition) is 2. The first-order valence-electron chi connectivity index (χ1n) is 9.45. The molecule has 1 aliphatic heterocycles. The van der Waals surface area contributed by atoms with Gasteiger partial charge in [0.2, 0.25) is 5.88 Å². The van der Waals surface area contributed by atoms with E-state index in [0.29, 0.717) is 10.9 Å². The summed E-state index contributed by atoms with van der Waals surface area (Å²) in [5.74, 6) is -0.171. The molecule has 1 aliphatic carbocycles. The number of amidine groups is 1. The fraction of sp³-hybridized carbons (Fsp3) is 0.333. The molecule has 31 heavy (non-hydrogen) atoms. The summed E-state index contributed by atoms with van der Waals surface area (Å²) >= 11 is 1.45. The van der Waals surface area contributed by atoms with Crippen molar-refractivity contribution in [2.24, 2.45) is 16.6 Å². The van der Waals surface area contributed by atoms with Gasteiger partial charge in [0, 0.05) is 28.5 Å². The van der Waals surface area contributed by atoms with E-state index >= 15 is 0 Å². The van der Waals surface area contributed by atoms with E-state index in [2.05, 4.69) is 26.2 Å². The molecule has 7 nitrogen and oxygen atoms in total. The van der Waals surface area contributed by atoms with Crippen LogP contribution < -0.4 is 15.8 Å². The lowest BCUT2D eigenvalue weighted by Gasteiger charge is -2.30. The third-order valence-electron chi connectivity index (χ3n) is 5.34. The molecule has 1 aromatic carbocycles. The van der Waals surface area contributed by atoms with E-state index in [1.165, 1.54) is 24.0 Å². The lowest BCUT2D eigenvalue weighted by molar-refractivity contribution is 0.102. The van der Waals surface area contributed by atoms with Crippen molar-refractivity contribution in [2.75, 3.05) is 11.9 Å². The average molecular weight is 443 g/mol. The summed E-state index contributed by atoms with van der Waals surface area (Å²) in [4.78, 5) is 25.3. The number of amides is 1. The zero-order chi connectivity index (χ0) is 22.3. The first kappa shape index (κ1) is 21.1. The van der Waals surface area contributed by atoms with Crippen molar-refractivity contribution in [3.8, 4) is 18.2 Å². The van der Waals surface area contributed by atoms with Crippen LogP contribution in [0.25, 0.3) is 0 Å². The van der Waals surface area contributed by atoms with Crippen LogP contribution in [0, 0.1) is 36.8 Å². The van der Waals surface area contributed by atoms with Gasteiger partial charge in [-0.05, 0) is 26.3 Å². The van der Waals surface area contributed by atoms with Crippen LogP contribution in [-0.4, -0.2) is 32.9 Å². The van der Waals surface area contributed by atoms with Gasteiger partial charge in [-0.25, -0.2) is 18.7 Å². The Labute approximate surface area is 181 Å². The third-order valence-corrected chi connectivity index (χ3v) is 6.50. The van der Waals surface area contributed by atoms with Gasteiger partial charge in [0.1, 0.15) is 5.69 Å². The van der Waals surface area contributed by atoms with Gasteiger partial charge in [-0.15, -0.1) is 6.42 Å². The smallest absolute Gasteiger partial charge is 0.276 e. The number of fused-ring (bicyclic) bond motifs is 1. The molecule has 0 radical (unpaired) electrons. The highest BCUT2D eigenvalue weighted by Gasteiger charge is 2.56. The zero-order valence-electron chi connectivity index (χ0n) is 16.8. The average Bonchev–Trinajstić information content (AvgIpc) is 3.49. The topological polar surface area (TPSA) is 102 Å². The van der Waals surface area contributed by atoms with Crippen LogP contribution in [0.1, 0.15) is 35.1 Å². The molecule has 3 N–H and O–H groups in total. The Balaban J connectivity index is 1.62. The van der Waals surface area contributed by atoms with Gasteiger partial charge in [0.25, 0.3) is 5.91 Å². The summed E-state index contributed by atoms with van der Waals surface area (Å²) in [6.07, 6.45) is 7.21. The Morgan fingerprint density at radius 3 is 2.97 bits per heavy atom. The van der Waals surface area contributed by atoms with E-state index in [1.54, 1.807) is 13.8 Å². The maximum Gasteiger partial charge on any atom is 0.276 e. The maximum absolute atomic E-state index is 14.7. The molecule has 1 fully saturated rings. The summed E-state index contributed by atoms with van der Waals surface area (Å²) in [5.41, 5.74) is 5.35. The number of rotatable bonds is 5. The van der Waals surface area contributed by atoms with E-state index in [0.717, 1.165) is 12.5 Å². The molecule has 2 aromatic rings. The Morgan fingerprint density at radius 2 is 2.26 bits per heavy atom. The number of ether oxygens (including phenoxy) is 1. The predicted octanol–water partition coefficient (Wildman–Crippen LogP) is 2.99. The van der Waals surface area contributed by atoms with E-state index in [4.69, 9.17) is 16.9 Å². The van der Waals surface area contributed by atoms with Crippen molar-refractivity contribution in [3.05, 3.63) is 46.9 Å². The van der Waals surface area contributed by atoms with Gasteiger partial charge in [-0.2, -0.15) is 0 Å². The second kappa shape index (κ2) is 7.81. The number of hydrogen-bond acceptors (Lipinski definition) is 7. The summed E-state index contributed by atoms with van der Waals surface area (Å²) in [5, 5.41) is 3.13. The third kappa shape index (κ3) is 3.93. The molecule has 10 heteroatoms. The standard InChI is InChI=1S/C21H19F2N5O2S/c1-4-5-30-16-9-25-18(10(2)26-16)19(29)27-11-6-13(17(23)14(22)7-11)21(3)12-8-15(12)31-20(24)28-21/h1,6-7,9,12,15H,5,8H2,2-3H3,(H2,24,28)(H,27,29)/t12-,15+,21+/m1/s1. The maximum atomic E-state index is 14.7. The lowest BCUT2D eigenvalue weighted by atomic mass is 9.86. The fourth-order valence-corrected chi connectivity index (χ4v) is 5.02. The molecule has 2 heterocycles. The Morgan fingerprint density at radius 1 is 1.48 bits per heavy atom. The minimum Gasteiger partial charge on any atom is -0.463 e. The van der Waals surface area contributed by atoms with Crippen LogP contribution in [0.3, 0.4) is 0 Å². The highest BCUT2D eigenvalue weighted by molar-refractivity contribution is 8.14. The number of halogens is 2. The molecule has 1 amide bonds. The highest BCUT2D eigenvalue weighted by Crippen LogP contribution is 2.57. The molecule has 0 unspecified atom stereocenters. The number of nitrogens with zero attached hydrogens (tertiary/aromatic N) is 3. The number of benzene rings is 1. The number of aryl methyl sites for hydroxylation is 1. The van der Waals surface area contributed by atoms with Crippen molar-refractivity contribution in [3.63, 3.8) is 0 Å². The molecule has 2 aliphatic rings. The minimum atomic E-state index is -1.08. The largest absolute Gasteiger partial charge is 0.463 e. The van der Waals surface area contributed by atoms with Gasteiger partial charge >= 0.3 is 0 Å². The van der Waals surface area contributed by atoms with Gasteiger partial charge in [-0.1, -0.05) is 17.7 Å². The quantitative estimate of drug-likeness (QED) is 0.689. The summed E-state index contributed by atoms with van der Waals surface area (Å²) in [6.45, 7) is 3.33. The van der Waals surface area contributed by atoms with Crippen molar-refractivity contribution in [1.82, 2.24) is 9.97 Å². The SMILES string of the molecule is C#CCOc1cnc(C(=O)Nc2cc(F)c(F)c([C@@]3(C)N=C(N)S[C@H]4C[C@H]43)c2)c(C)n1. The molecule has 4 rings (SSSR count). The number of thioether (sulfide) groups is 1. The number of nitrogens with one attached hydrogen (secondary N) is 1. The fourth-order valence-electron chi connectivity index (χ4n) is 3.73. The van der Waals surface area contributed by atoms with E-state index in [-0.39, 0.29) is 40.6 Å². The number of nitrogens with two attached hydrogens (primary N) is 1. The number of carbonyl (C=O) groups is 1. The van der Waals surface area contributed by atoms with Crippen LogP contribution >= 0.6 is 11.8 Å². The van der Waals surface area contributed by atoms with Crippen LogP contribution in [0.2, 0.25) is 0 Å². The van der Waals surface area contributed by atoms with E-state index in [1.807, 2.05) is 0 Å². The first-order valence-corrected chi connectivity index (χ1v) is 10.3. The monoisotopic (exact) mass is 443 g/mol. The molecule has 160 valence electrons. The summed E-state index contributed by atoms with van der Waals surface area (Å²) in [7, 11) is 0. The normalized spacial score (nSPS) is 23.9. The lowest BCUT2D eigenvalue weighted by Crippen LogP contribution is -2.32. The summed E-state index contributed by atoms with van der Waals surface area (Å²) in [6, 6.07) is 2.31. The number of aromatic nitrogens is 2. The van der Waals surface area contributed by atoms with Gasteiger partial charge in [0.05, 0.1) is 17.4 Å². The molecule has 1 aromatic heterocycles. The van der Waals surface area contributed by atoms with Crippen LogP contribution in [-0.2, 0) is 5.54 Å². The van der Waals surface area contributed by atoms with Crippen molar-refractivity contribution < 1.29 is 18.3 Å². The molecule has 3 atom stereocenters. The minimum absolute atomic E-state index is 0.0173. The van der Waals surface area contributed by atoms with Crippen LogP contribution in [0.4, 0.5) is 14.5 Å². The van der Waals surface area contributed by atoms with E-state index < -0.39 is 23.1 Å². The molecular weight excluding hydrogens is 424 g/mol. The second-order valence-electron chi connectivity index (χ2n) is 7.50. The molecule has 0 saturated heterocycles. The predicted molar refractivity (Wildman–Crippen MR) is 114 cm³/mol. The zero-order valence-corrected chi connectivity index (χ0v) is 17.6.